The largest absolute Gasteiger partial charge is 0.494 e. The molecule has 7 heteroatoms. The molecular weight excluding hydrogens is 442 g/mol. The van der Waals surface area contributed by atoms with Crippen LogP contribution in [0.4, 0.5) is 4.79 Å². The minimum absolute atomic E-state index is 0.258. The fraction of sp³-hybridized carbons (Fsp3) is 0.429. The van der Waals surface area contributed by atoms with Crippen molar-refractivity contribution in [2.75, 3.05) is 32.8 Å². The van der Waals surface area contributed by atoms with Crippen LogP contribution in [0.25, 0.3) is 0 Å². The van der Waals surface area contributed by atoms with E-state index in [0.29, 0.717) is 36.1 Å². The van der Waals surface area contributed by atoms with Gasteiger partial charge in [0.1, 0.15) is 5.75 Å². The summed E-state index contributed by atoms with van der Waals surface area (Å²) in [6, 6.07) is 17.1. The monoisotopic (exact) mass is 477 g/mol. The summed E-state index contributed by atoms with van der Waals surface area (Å²) in [4.78, 5) is 28.1. The first kappa shape index (κ1) is 24.8. The van der Waals surface area contributed by atoms with Crippen molar-refractivity contribution in [3.63, 3.8) is 0 Å². The molecule has 0 aromatic heterocycles. The third-order valence-electron chi connectivity index (χ3n) is 6.63. The van der Waals surface area contributed by atoms with Crippen LogP contribution in [-0.2, 0) is 16.0 Å². The maximum absolute atomic E-state index is 13.1. The number of nitrogens with zero attached hydrogens (tertiary/aromatic N) is 1. The molecule has 186 valence electrons. The van der Waals surface area contributed by atoms with E-state index in [9.17, 15) is 9.59 Å². The van der Waals surface area contributed by atoms with E-state index in [1.165, 1.54) is 5.56 Å². The Labute approximate surface area is 207 Å². The second kappa shape index (κ2) is 11.9. The molecule has 0 unspecified atom stereocenters. The maximum atomic E-state index is 13.1. The van der Waals surface area contributed by atoms with Gasteiger partial charge in [0.15, 0.2) is 0 Å². The van der Waals surface area contributed by atoms with Gasteiger partial charge in [-0.2, -0.15) is 0 Å². The molecule has 0 radical (unpaired) electrons. The molecule has 2 aliphatic rings. The van der Waals surface area contributed by atoms with E-state index in [0.717, 1.165) is 37.9 Å². The van der Waals surface area contributed by atoms with Crippen LogP contribution >= 0.6 is 0 Å². The van der Waals surface area contributed by atoms with E-state index in [1.807, 2.05) is 37.3 Å². The summed E-state index contributed by atoms with van der Waals surface area (Å²) >= 11 is 0. The number of rotatable bonds is 9. The average Bonchev–Trinajstić information content (AvgIpc) is 2.86. The first-order valence-corrected chi connectivity index (χ1v) is 12.5. The van der Waals surface area contributed by atoms with Crippen LogP contribution in [0.1, 0.15) is 43.9 Å². The third kappa shape index (κ3) is 6.22. The molecule has 7 nitrogen and oxygen atoms in total. The standard InChI is InChI=1S/C28H35N3O4/c1-3-34-24-13-9-8-12-22(24)26-25(27(32)35-4-2)23(29-28(33)30-26)19-31-16-14-21(15-17-31)18-20-10-6-5-7-11-20/h5-13,21,26H,3-4,14-19H2,1-2H3,(H2,29,30,33)/t26-/m0/s1. The molecule has 2 N–H and O–H groups in total. The van der Waals surface area contributed by atoms with Crippen LogP contribution in [0, 0.1) is 5.92 Å². The normalized spacial score (nSPS) is 19.1. The van der Waals surface area contributed by atoms with Crippen molar-refractivity contribution in [3.8, 4) is 5.75 Å². The van der Waals surface area contributed by atoms with E-state index in [4.69, 9.17) is 9.47 Å². The lowest BCUT2D eigenvalue weighted by atomic mass is 9.89. The molecular formula is C28H35N3O4. The number of nitrogens with one attached hydrogen (secondary N) is 2. The van der Waals surface area contributed by atoms with Gasteiger partial charge in [0.25, 0.3) is 0 Å². The molecule has 0 aliphatic carbocycles. The smallest absolute Gasteiger partial charge is 0.338 e. The van der Waals surface area contributed by atoms with Gasteiger partial charge in [-0.25, -0.2) is 9.59 Å². The molecule has 0 spiro atoms. The van der Waals surface area contributed by atoms with Gasteiger partial charge in [0.05, 0.1) is 24.8 Å². The van der Waals surface area contributed by atoms with Gasteiger partial charge in [0, 0.05) is 17.8 Å². The number of likely N-dealkylation sites (tertiary alicyclic amines) is 1. The number of urea groups is 1. The number of amides is 2. The van der Waals surface area contributed by atoms with Gasteiger partial charge < -0.3 is 20.1 Å². The quantitative estimate of drug-likeness (QED) is 0.529. The molecule has 4 rings (SSSR count). The second-order valence-electron chi connectivity index (χ2n) is 9.02. The summed E-state index contributed by atoms with van der Waals surface area (Å²) in [6.07, 6.45) is 3.25. The highest BCUT2D eigenvalue weighted by molar-refractivity contribution is 5.95. The summed E-state index contributed by atoms with van der Waals surface area (Å²) < 4.78 is 11.2. The van der Waals surface area contributed by atoms with Gasteiger partial charge in [-0.1, -0.05) is 48.5 Å². The molecule has 35 heavy (non-hydrogen) atoms. The van der Waals surface area contributed by atoms with Crippen LogP contribution in [0.15, 0.2) is 65.9 Å². The zero-order chi connectivity index (χ0) is 24.6. The number of carbonyl (C=O) groups excluding carboxylic acids is 2. The van der Waals surface area contributed by atoms with Crippen molar-refractivity contribution in [1.29, 1.82) is 0 Å². The highest BCUT2D eigenvalue weighted by atomic mass is 16.5. The van der Waals surface area contributed by atoms with Gasteiger partial charge in [-0.05, 0) is 63.7 Å². The van der Waals surface area contributed by atoms with Gasteiger partial charge in [-0.15, -0.1) is 0 Å². The molecule has 2 aromatic carbocycles. The second-order valence-corrected chi connectivity index (χ2v) is 9.02. The number of hydrogen-bond donors (Lipinski definition) is 2. The predicted octanol–water partition coefficient (Wildman–Crippen LogP) is 4.21. The molecule has 2 amide bonds. The minimum Gasteiger partial charge on any atom is -0.494 e. The number of carbonyl (C=O) groups is 2. The van der Waals surface area contributed by atoms with Crippen molar-refractivity contribution >= 4 is 12.0 Å². The topological polar surface area (TPSA) is 79.9 Å². The molecule has 2 heterocycles. The molecule has 1 fully saturated rings. The summed E-state index contributed by atoms with van der Waals surface area (Å²) in [6.45, 7) is 6.77. The lowest BCUT2D eigenvalue weighted by molar-refractivity contribution is -0.139. The Bertz CT molecular complexity index is 1050. The van der Waals surface area contributed by atoms with Crippen LogP contribution < -0.4 is 15.4 Å². The van der Waals surface area contributed by atoms with Gasteiger partial charge >= 0.3 is 12.0 Å². The van der Waals surface area contributed by atoms with Crippen LogP contribution in [-0.4, -0.2) is 49.7 Å². The van der Waals surface area contributed by atoms with Crippen molar-refractivity contribution in [2.24, 2.45) is 5.92 Å². The highest BCUT2D eigenvalue weighted by Gasteiger charge is 2.36. The number of esters is 1. The molecule has 2 aliphatic heterocycles. The number of ether oxygens (including phenoxy) is 2. The minimum atomic E-state index is -0.642. The van der Waals surface area contributed by atoms with Gasteiger partial charge in [-0.3, -0.25) is 4.90 Å². The Balaban J connectivity index is 1.54. The van der Waals surface area contributed by atoms with E-state index in [-0.39, 0.29) is 12.6 Å². The summed E-state index contributed by atoms with van der Waals surface area (Å²) in [5, 5.41) is 5.82. The zero-order valence-electron chi connectivity index (χ0n) is 20.6. The Kier molecular flexibility index (Phi) is 8.42. The average molecular weight is 478 g/mol. The van der Waals surface area contributed by atoms with E-state index >= 15 is 0 Å². The molecule has 1 atom stereocenters. The summed E-state index contributed by atoms with van der Waals surface area (Å²) in [7, 11) is 0. The Morgan fingerprint density at radius 3 is 2.43 bits per heavy atom. The van der Waals surface area contributed by atoms with Crippen LogP contribution in [0.5, 0.6) is 5.75 Å². The lowest BCUT2D eigenvalue weighted by Crippen LogP contribution is -2.49. The van der Waals surface area contributed by atoms with Crippen molar-refractivity contribution < 1.29 is 19.1 Å². The van der Waals surface area contributed by atoms with Crippen molar-refractivity contribution in [3.05, 3.63) is 77.0 Å². The zero-order valence-corrected chi connectivity index (χ0v) is 20.6. The van der Waals surface area contributed by atoms with Crippen molar-refractivity contribution in [2.45, 2.75) is 39.2 Å². The number of hydrogen-bond acceptors (Lipinski definition) is 5. The fourth-order valence-corrected chi connectivity index (χ4v) is 4.95. The Hall–Kier alpha value is -3.32. The Morgan fingerprint density at radius 1 is 1.00 bits per heavy atom. The maximum Gasteiger partial charge on any atom is 0.338 e. The number of para-hydroxylation sites is 1. The first-order chi connectivity index (χ1) is 17.1. The highest BCUT2D eigenvalue weighted by Crippen LogP contribution is 2.34. The number of piperidine rings is 1. The third-order valence-corrected chi connectivity index (χ3v) is 6.63. The predicted molar refractivity (Wildman–Crippen MR) is 135 cm³/mol. The van der Waals surface area contributed by atoms with E-state index in [1.54, 1.807) is 6.92 Å². The van der Waals surface area contributed by atoms with Crippen LogP contribution in [0.2, 0.25) is 0 Å². The first-order valence-electron chi connectivity index (χ1n) is 12.5. The van der Waals surface area contributed by atoms with E-state index < -0.39 is 12.0 Å². The lowest BCUT2D eigenvalue weighted by Gasteiger charge is -2.35. The SMILES string of the molecule is CCOC(=O)C1=C(CN2CCC(Cc3ccccc3)CC2)NC(=O)N[C@H]1c1ccccc1OCC. The summed E-state index contributed by atoms with van der Waals surface area (Å²) in [5.74, 6) is 0.857. The molecule has 2 aromatic rings. The molecule has 0 saturated carbocycles. The van der Waals surface area contributed by atoms with E-state index in [2.05, 4.69) is 39.8 Å². The van der Waals surface area contributed by atoms with Crippen molar-refractivity contribution in [1.82, 2.24) is 15.5 Å². The molecule has 1 saturated heterocycles. The molecule has 0 bridgehead atoms. The van der Waals surface area contributed by atoms with Crippen LogP contribution in [0.3, 0.4) is 0 Å². The Morgan fingerprint density at radius 2 is 1.71 bits per heavy atom. The fourth-order valence-electron chi connectivity index (χ4n) is 4.95. The van der Waals surface area contributed by atoms with Gasteiger partial charge in [0.2, 0.25) is 0 Å². The number of benzene rings is 2. The summed E-state index contributed by atoms with van der Waals surface area (Å²) in [5.41, 5.74) is 3.15.